The summed E-state index contributed by atoms with van der Waals surface area (Å²) in [5, 5.41) is 29.2. The topological polar surface area (TPSA) is 69.9 Å². The van der Waals surface area contributed by atoms with Crippen molar-refractivity contribution in [1.82, 2.24) is 0 Å². The van der Waals surface area contributed by atoms with Crippen molar-refractivity contribution < 1.29 is 20.1 Å². The number of aliphatic hydroxyl groups is 3. The van der Waals surface area contributed by atoms with E-state index >= 15 is 0 Å². The molecule has 25 heavy (non-hydrogen) atoms. The average Bonchev–Trinajstić information content (AvgIpc) is 2.89. The van der Waals surface area contributed by atoms with Gasteiger partial charge in [0.2, 0.25) is 0 Å². The summed E-state index contributed by atoms with van der Waals surface area (Å²) in [5.74, 6) is 0. The van der Waals surface area contributed by atoms with Crippen LogP contribution in [0.2, 0.25) is 0 Å². The third kappa shape index (κ3) is 9.93. The lowest BCUT2D eigenvalue weighted by Crippen LogP contribution is -2.40. The van der Waals surface area contributed by atoms with Gasteiger partial charge < -0.3 is 20.1 Å². The van der Waals surface area contributed by atoms with Crippen molar-refractivity contribution >= 4 is 0 Å². The van der Waals surface area contributed by atoms with Crippen LogP contribution in [0.1, 0.15) is 110 Å². The number of unbranched alkanes of at least 4 members (excludes halogenated alkanes) is 13. The fraction of sp³-hybridized carbons (Fsp3) is 1.00. The highest BCUT2D eigenvalue weighted by Crippen LogP contribution is 2.34. The van der Waals surface area contributed by atoms with E-state index in [1.165, 1.54) is 77.0 Å². The molecule has 1 saturated heterocycles. The van der Waals surface area contributed by atoms with Crippen LogP contribution in [0.25, 0.3) is 0 Å². The number of hydrogen-bond donors (Lipinski definition) is 3. The van der Waals surface area contributed by atoms with Crippen molar-refractivity contribution in [3.05, 3.63) is 0 Å². The molecule has 4 heteroatoms. The van der Waals surface area contributed by atoms with Gasteiger partial charge in [-0.25, -0.2) is 0 Å². The minimum Gasteiger partial charge on any atom is -0.394 e. The number of ether oxygens (including phenoxy) is 1. The zero-order valence-electron chi connectivity index (χ0n) is 16.4. The smallest absolute Gasteiger partial charge is 0.158 e. The van der Waals surface area contributed by atoms with Gasteiger partial charge in [-0.1, -0.05) is 96.8 Å². The molecule has 3 atom stereocenters. The van der Waals surface area contributed by atoms with Crippen LogP contribution in [0, 0.1) is 0 Å². The molecule has 0 aromatic rings. The first kappa shape index (κ1) is 22.9. The molecule has 0 aromatic carbocycles. The molecule has 1 heterocycles. The highest BCUT2D eigenvalue weighted by Gasteiger charge is 2.45. The molecule has 0 aromatic heterocycles. The first-order chi connectivity index (χ1) is 12.1. The Morgan fingerprint density at radius 3 is 1.68 bits per heavy atom. The van der Waals surface area contributed by atoms with Crippen LogP contribution in [0.4, 0.5) is 0 Å². The summed E-state index contributed by atoms with van der Waals surface area (Å²) in [6.45, 7) is 2.04. The average molecular weight is 359 g/mol. The Morgan fingerprint density at radius 1 is 0.800 bits per heavy atom. The molecular formula is C21H42O4. The molecule has 1 aliphatic heterocycles. The van der Waals surface area contributed by atoms with E-state index in [2.05, 4.69) is 6.92 Å². The molecule has 0 spiro atoms. The molecule has 0 aliphatic carbocycles. The molecule has 0 saturated carbocycles. The standard InChI is InChI=1S/C21H42O4/c1-2-3-4-5-6-7-8-9-10-11-12-13-14-15-16-21(24)17-20(23)25-19(21)18-22/h19-20,22-24H,2-18H2,1H3/t19-,20+,21-/m1/s1. The van der Waals surface area contributed by atoms with Crippen molar-refractivity contribution in [3.63, 3.8) is 0 Å². The van der Waals surface area contributed by atoms with Crippen LogP contribution in [-0.2, 0) is 4.74 Å². The van der Waals surface area contributed by atoms with E-state index in [1.54, 1.807) is 0 Å². The first-order valence-corrected chi connectivity index (χ1v) is 10.8. The van der Waals surface area contributed by atoms with Gasteiger partial charge in [-0.05, 0) is 6.42 Å². The van der Waals surface area contributed by atoms with Crippen molar-refractivity contribution in [2.45, 2.75) is 128 Å². The molecule has 1 aliphatic rings. The highest BCUT2D eigenvalue weighted by atomic mass is 16.6. The predicted octanol–water partition coefficient (Wildman–Crippen LogP) is 4.69. The molecule has 3 N–H and O–H groups in total. The summed E-state index contributed by atoms with van der Waals surface area (Å²) in [4.78, 5) is 0. The Hall–Kier alpha value is -0.160. The summed E-state index contributed by atoms with van der Waals surface area (Å²) >= 11 is 0. The van der Waals surface area contributed by atoms with Crippen LogP contribution in [0.3, 0.4) is 0 Å². The van der Waals surface area contributed by atoms with Crippen LogP contribution in [0.5, 0.6) is 0 Å². The number of rotatable bonds is 16. The Labute approximate surface area is 155 Å². The first-order valence-electron chi connectivity index (χ1n) is 10.8. The van der Waals surface area contributed by atoms with E-state index in [4.69, 9.17) is 4.74 Å². The van der Waals surface area contributed by atoms with E-state index in [0.29, 0.717) is 6.42 Å². The van der Waals surface area contributed by atoms with Gasteiger partial charge in [0.25, 0.3) is 0 Å². The molecule has 0 bridgehead atoms. The van der Waals surface area contributed by atoms with E-state index in [0.717, 1.165) is 12.8 Å². The molecule has 1 fully saturated rings. The van der Waals surface area contributed by atoms with Gasteiger partial charge in [-0.15, -0.1) is 0 Å². The molecule has 1 rings (SSSR count). The lowest BCUT2D eigenvalue weighted by Gasteiger charge is -2.26. The SMILES string of the molecule is CCCCCCCCCCCCCCCC[C@@]1(O)C[C@@H](O)O[C@@H]1CO. The van der Waals surface area contributed by atoms with E-state index < -0.39 is 18.0 Å². The summed E-state index contributed by atoms with van der Waals surface area (Å²) < 4.78 is 5.15. The second-order valence-corrected chi connectivity index (χ2v) is 7.92. The van der Waals surface area contributed by atoms with Gasteiger partial charge in [0.15, 0.2) is 6.29 Å². The van der Waals surface area contributed by atoms with Crippen molar-refractivity contribution in [3.8, 4) is 0 Å². The maximum absolute atomic E-state index is 10.5. The summed E-state index contributed by atoms with van der Waals surface area (Å²) in [5.41, 5.74) is -1.05. The van der Waals surface area contributed by atoms with E-state index in [1.807, 2.05) is 0 Å². The number of hydrogen-bond acceptors (Lipinski definition) is 4. The van der Waals surface area contributed by atoms with Crippen LogP contribution in [0.15, 0.2) is 0 Å². The molecule has 150 valence electrons. The normalized spacial score (nSPS) is 26.4. The molecule has 0 amide bonds. The fourth-order valence-electron chi connectivity index (χ4n) is 3.90. The minimum absolute atomic E-state index is 0.219. The predicted molar refractivity (Wildman–Crippen MR) is 102 cm³/mol. The van der Waals surface area contributed by atoms with Gasteiger partial charge in [-0.2, -0.15) is 0 Å². The lowest BCUT2D eigenvalue weighted by molar-refractivity contribution is -0.121. The van der Waals surface area contributed by atoms with Crippen molar-refractivity contribution in [2.24, 2.45) is 0 Å². The van der Waals surface area contributed by atoms with E-state index in [-0.39, 0.29) is 13.0 Å². The van der Waals surface area contributed by atoms with Gasteiger partial charge in [0.05, 0.1) is 12.2 Å². The minimum atomic E-state index is -1.05. The number of aliphatic hydroxyl groups excluding tert-OH is 2. The summed E-state index contributed by atoms with van der Waals surface area (Å²) in [6.07, 6.45) is 17.6. The Balaban J connectivity index is 1.86. The largest absolute Gasteiger partial charge is 0.394 e. The second kappa shape index (κ2) is 14.0. The molecule has 4 nitrogen and oxygen atoms in total. The zero-order valence-corrected chi connectivity index (χ0v) is 16.4. The summed E-state index contributed by atoms with van der Waals surface area (Å²) in [7, 11) is 0. The van der Waals surface area contributed by atoms with Crippen LogP contribution < -0.4 is 0 Å². The molecular weight excluding hydrogens is 316 g/mol. The fourth-order valence-corrected chi connectivity index (χ4v) is 3.90. The quantitative estimate of drug-likeness (QED) is 0.350. The van der Waals surface area contributed by atoms with Crippen LogP contribution >= 0.6 is 0 Å². The second-order valence-electron chi connectivity index (χ2n) is 7.92. The van der Waals surface area contributed by atoms with Gasteiger partial charge in [0.1, 0.15) is 6.10 Å². The maximum Gasteiger partial charge on any atom is 0.158 e. The van der Waals surface area contributed by atoms with Crippen molar-refractivity contribution in [2.75, 3.05) is 6.61 Å². The van der Waals surface area contributed by atoms with Gasteiger partial charge >= 0.3 is 0 Å². The maximum atomic E-state index is 10.5. The van der Waals surface area contributed by atoms with E-state index in [9.17, 15) is 15.3 Å². The van der Waals surface area contributed by atoms with Gasteiger partial charge in [0, 0.05) is 6.42 Å². The molecule has 0 radical (unpaired) electrons. The summed E-state index contributed by atoms with van der Waals surface area (Å²) in [6, 6.07) is 0. The van der Waals surface area contributed by atoms with Crippen molar-refractivity contribution in [1.29, 1.82) is 0 Å². The van der Waals surface area contributed by atoms with Crippen LogP contribution in [-0.4, -0.2) is 39.9 Å². The Kier molecular flexibility index (Phi) is 12.8. The third-order valence-corrected chi connectivity index (χ3v) is 5.58. The monoisotopic (exact) mass is 358 g/mol. The zero-order chi connectivity index (χ0) is 18.4. The highest BCUT2D eigenvalue weighted by molar-refractivity contribution is 4.93. The molecule has 0 unspecified atom stereocenters. The lowest BCUT2D eigenvalue weighted by atomic mass is 9.89. The third-order valence-electron chi connectivity index (χ3n) is 5.58. The Bertz CT molecular complexity index is 310. The van der Waals surface area contributed by atoms with Gasteiger partial charge in [-0.3, -0.25) is 0 Å². The Morgan fingerprint density at radius 2 is 1.24 bits per heavy atom.